The van der Waals surface area contributed by atoms with Crippen molar-refractivity contribution in [2.45, 2.75) is 20.4 Å². The van der Waals surface area contributed by atoms with Gasteiger partial charge in [0.15, 0.2) is 6.20 Å². The number of hydrogen-bond donors (Lipinski definition) is 0. The molecule has 0 atom stereocenters. The largest absolute Gasteiger partial charge is 0.207 e. The highest BCUT2D eigenvalue weighted by Gasteiger charge is 2.05. The molecule has 0 radical (unpaired) electrons. The van der Waals surface area contributed by atoms with E-state index in [1.807, 2.05) is 19.1 Å². The van der Waals surface area contributed by atoms with Crippen LogP contribution >= 0.6 is 0 Å². The third-order valence-electron chi connectivity index (χ3n) is 1.72. The summed E-state index contributed by atoms with van der Waals surface area (Å²) in [5.74, 6) is 0. The lowest BCUT2D eigenvalue weighted by atomic mass is 10.2. The van der Waals surface area contributed by atoms with Crippen LogP contribution in [0.25, 0.3) is 5.57 Å². The summed E-state index contributed by atoms with van der Waals surface area (Å²) in [5.41, 5.74) is 2.34. The minimum atomic E-state index is 1.00. The second kappa shape index (κ2) is 3.33. The number of rotatable bonds is 2. The summed E-state index contributed by atoms with van der Waals surface area (Å²) in [6.07, 6.45) is 2.07. The molecular formula is C10H14N+. The molecule has 0 saturated heterocycles. The molecule has 0 bridgehead atoms. The summed E-state index contributed by atoms with van der Waals surface area (Å²) in [6.45, 7) is 9.08. The minimum absolute atomic E-state index is 1.00. The molecule has 0 amide bonds. The molecule has 0 fully saturated rings. The Morgan fingerprint density at radius 2 is 2.27 bits per heavy atom. The first-order valence-corrected chi connectivity index (χ1v) is 3.90. The zero-order valence-corrected chi connectivity index (χ0v) is 7.17. The molecule has 0 aliphatic heterocycles. The summed E-state index contributed by atoms with van der Waals surface area (Å²) >= 11 is 0. The molecule has 0 N–H and O–H groups in total. The summed E-state index contributed by atoms with van der Waals surface area (Å²) in [5, 5.41) is 0. The van der Waals surface area contributed by atoms with Gasteiger partial charge in [0, 0.05) is 17.7 Å². The molecule has 0 spiro atoms. The molecule has 1 heteroatoms. The average Bonchev–Trinajstić information content (AvgIpc) is 2.04. The van der Waals surface area contributed by atoms with Crippen LogP contribution in [-0.2, 0) is 6.54 Å². The minimum Gasteiger partial charge on any atom is -0.199 e. The Labute approximate surface area is 68.0 Å². The molecule has 1 rings (SSSR count). The highest BCUT2D eigenvalue weighted by Crippen LogP contribution is 2.03. The van der Waals surface area contributed by atoms with Gasteiger partial charge >= 0.3 is 0 Å². The number of hydrogen-bond acceptors (Lipinski definition) is 0. The van der Waals surface area contributed by atoms with E-state index >= 15 is 0 Å². The van der Waals surface area contributed by atoms with Crippen molar-refractivity contribution in [3.63, 3.8) is 0 Å². The average molecular weight is 148 g/mol. The number of nitrogens with zero attached hydrogens (tertiary/aromatic N) is 1. The van der Waals surface area contributed by atoms with Gasteiger partial charge in [-0.2, -0.15) is 4.57 Å². The van der Waals surface area contributed by atoms with E-state index in [9.17, 15) is 0 Å². The highest BCUT2D eigenvalue weighted by atomic mass is 14.9. The molecule has 0 aliphatic rings. The van der Waals surface area contributed by atoms with Crippen LogP contribution in [0.3, 0.4) is 0 Å². The predicted octanol–water partition coefficient (Wildman–Crippen LogP) is 2.03. The van der Waals surface area contributed by atoms with Crippen LogP contribution < -0.4 is 4.57 Å². The topological polar surface area (TPSA) is 3.88 Å². The molecule has 0 aromatic carbocycles. The maximum absolute atomic E-state index is 3.91. The van der Waals surface area contributed by atoms with Gasteiger partial charge in [-0.1, -0.05) is 6.58 Å². The number of aryl methyl sites for hydroxylation is 1. The number of pyridine rings is 1. The molecule has 0 aliphatic carbocycles. The van der Waals surface area contributed by atoms with Crippen molar-refractivity contribution in [2.75, 3.05) is 0 Å². The van der Waals surface area contributed by atoms with Gasteiger partial charge in [0.1, 0.15) is 6.54 Å². The van der Waals surface area contributed by atoms with Gasteiger partial charge in [0.2, 0.25) is 5.69 Å². The summed E-state index contributed by atoms with van der Waals surface area (Å²) in [7, 11) is 0. The Bertz CT molecular complexity index is 263. The third-order valence-corrected chi connectivity index (χ3v) is 1.72. The van der Waals surface area contributed by atoms with Crippen LogP contribution in [-0.4, -0.2) is 0 Å². The van der Waals surface area contributed by atoms with Crippen molar-refractivity contribution in [1.29, 1.82) is 0 Å². The molecule has 1 nitrogen and oxygen atoms in total. The Morgan fingerprint density at radius 1 is 1.55 bits per heavy atom. The fourth-order valence-corrected chi connectivity index (χ4v) is 1.14. The van der Waals surface area contributed by atoms with Crippen molar-refractivity contribution in [3.05, 3.63) is 36.7 Å². The summed E-state index contributed by atoms with van der Waals surface area (Å²) in [6, 6.07) is 6.16. The van der Waals surface area contributed by atoms with E-state index in [1.165, 1.54) is 5.69 Å². The van der Waals surface area contributed by atoms with E-state index in [0.717, 1.165) is 12.1 Å². The van der Waals surface area contributed by atoms with Crippen LogP contribution in [0.15, 0.2) is 31.0 Å². The smallest absolute Gasteiger partial charge is 0.199 e. The van der Waals surface area contributed by atoms with E-state index in [-0.39, 0.29) is 0 Å². The third kappa shape index (κ3) is 1.67. The van der Waals surface area contributed by atoms with E-state index in [4.69, 9.17) is 0 Å². The lowest BCUT2D eigenvalue weighted by Gasteiger charge is -1.98. The van der Waals surface area contributed by atoms with E-state index in [2.05, 4.69) is 30.3 Å². The first-order valence-electron chi connectivity index (χ1n) is 3.90. The van der Waals surface area contributed by atoms with Crippen molar-refractivity contribution in [3.8, 4) is 0 Å². The first kappa shape index (κ1) is 7.99. The predicted molar refractivity (Wildman–Crippen MR) is 47.0 cm³/mol. The molecule has 1 aromatic rings. The summed E-state index contributed by atoms with van der Waals surface area (Å²) in [4.78, 5) is 0. The molecule has 1 heterocycles. The van der Waals surface area contributed by atoms with E-state index in [1.54, 1.807) is 0 Å². The maximum Gasteiger partial charge on any atom is 0.207 e. The SMILES string of the molecule is C=C(C)c1cccc[n+]1CC. The van der Waals surface area contributed by atoms with Crippen molar-refractivity contribution >= 4 is 5.57 Å². The van der Waals surface area contributed by atoms with Gasteiger partial charge in [0.05, 0.1) is 0 Å². The van der Waals surface area contributed by atoms with Crippen molar-refractivity contribution < 1.29 is 4.57 Å². The zero-order valence-electron chi connectivity index (χ0n) is 7.17. The van der Waals surface area contributed by atoms with Crippen molar-refractivity contribution in [2.24, 2.45) is 0 Å². The van der Waals surface area contributed by atoms with E-state index < -0.39 is 0 Å². The fourth-order valence-electron chi connectivity index (χ4n) is 1.14. The lowest BCUT2D eigenvalue weighted by Crippen LogP contribution is -2.35. The first-order chi connectivity index (χ1) is 5.25. The van der Waals surface area contributed by atoms with Crippen LogP contribution in [0, 0.1) is 0 Å². The molecule has 1 aromatic heterocycles. The summed E-state index contributed by atoms with van der Waals surface area (Å²) < 4.78 is 2.18. The van der Waals surface area contributed by atoms with Gasteiger partial charge in [-0.3, -0.25) is 0 Å². The molecular weight excluding hydrogens is 134 g/mol. The van der Waals surface area contributed by atoms with Crippen LogP contribution in [0.2, 0.25) is 0 Å². The Kier molecular flexibility index (Phi) is 2.42. The highest BCUT2D eigenvalue weighted by molar-refractivity contribution is 5.54. The lowest BCUT2D eigenvalue weighted by molar-refractivity contribution is -0.695. The van der Waals surface area contributed by atoms with Crippen molar-refractivity contribution in [1.82, 2.24) is 0 Å². The molecule has 0 unspecified atom stereocenters. The standard InChI is InChI=1S/C10H14N/c1-4-11-8-6-5-7-10(11)9(2)3/h5-8H,2,4H2,1,3H3/q+1. The second-order valence-corrected chi connectivity index (χ2v) is 2.65. The number of allylic oxidation sites excluding steroid dienone is 1. The van der Waals surface area contributed by atoms with Gasteiger partial charge in [0.25, 0.3) is 0 Å². The fraction of sp³-hybridized carbons (Fsp3) is 0.300. The van der Waals surface area contributed by atoms with E-state index in [0.29, 0.717) is 0 Å². The molecule has 11 heavy (non-hydrogen) atoms. The normalized spacial score (nSPS) is 9.64. The molecule has 58 valence electrons. The Morgan fingerprint density at radius 3 is 2.73 bits per heavy atom. The van der Waals surface area contributed by atoms with Crippen LogP contribution in [0.5, 0.6) is 0 Å². The Balaban J connectivity index is 3.12. The monoisotopic (exact) mass is 148 g/mol. The van der Waals surface area contributed by atoms with Crippen LogP contribution in [0.4, 0.5) is 0 Å². The zero-order chi connectivity index (χ0) is 8.27. The van der Waals surface area contributed by atoms with Gasteiger partial charge in [-0.25, -0.2) is 0 Å². The second-order valence-electron chi connectivity index (χ2n) is 2.65. The van der Waals surface area contributed by atoms with Crippen LogP contribution in [0.1, 0.15) is 19.5 Å². The quantitative estimate of drug-likeness (QED) is 0.565. The number of aromatic nitrogens is 1. The maximum atomic E-state index is 3.91. The van der Waals surface area contributed by atoms with Gasteiger partial charge in [-0.15, -0.1) is 0 Å². The Hall–Kier alpha value is -1.11. The van der Waals surface area contributed by atoms with Gasteiger partial charge in [-0.05, 0) is 19.9 Å². The molecule has 0 saturated carbocycles. The van der Waals surface area contributed by atoms with Gasteiger partial charge < -0.3 is 0 Å².